The number of nitriles is 1. The smallest absolute Gasteiger partial charge is 0.305 e. The van der Waals surface area contributed by atoms with Gasteiger partial charge in [-0.25, -0.2) is 4.39 Å². The number of hydrogen-bond acceptors (Lipinski definition) is 6. The lowest BCUT2D eigenvalue weighted by Crippen LogP contribution is -2.58. The monoisotopic (exact) mass is 543 g/mol. The third kappa shape index (κ3) is 6.21. The highest BCUT2D eigenvalue weighted by atomic mass is 19.1. The van der Waals surface area contributed by atoms with Gasteiger partial charge in [0.25, 0.3) is 11.8 Å². The molecule has 1 aliphatic heterocycles. The zero-order chi connectivity index (χ0) is 29.0. The number of amides is 2. The van der Waals surface area contributed by atoms with Gasteiger partial charge in [0.15, 0.2) is 0 Å². The number of halogens is 1. The summed E-state index contributed by atoms with van der Waals surface area (Å²) in [6, 6.07) is 17.8. The van der Waals surface area contributed by atoms with E-state index in [1.54, 1.807) is 47.4 Å². The van der Waals surface area contributed by atoms with E-state index in [4.69, 9.17) is 11.0 Å². The number of carboxylic acids is 1. The lowest BCUT2D eigenvalue weighted by molar-refractivity contribution is -0.137. The number of nitrogens with zero attached hydrogens (tertiary/aromatic N) is 3. The van der Waals surface area contributed by atoms with E-state index in [-0.39, 0.29) is 30.0 Å². The molecule has 3 aromatic carbocycles. The maximum atomic E-state index is 13.3. The zero-order valence-corrected chi connectivity index (χ0v) is 22.2. The van der Waals surface area contributed by atoms with Crippen LogP contribution in [0.3, 0.4) is 0 Å². The summed E-state index contributed by atoms with van der Waals surface area (Å²) in [5.41, 5.74) is 9.21. The Morgan fingerprint density at radius 2 is 1.68 bits per heavy atom. The number of nitrogens with one attached hydrogen (secondary N) is 1. The van der Waals surface area contributed by atoms with Crippen molar-refractivity contribution in [2.45, 2.75) is 38.4 Å². The van der Waals surface area contributed by atoms with Crippen LogP contribution in [0.1, 0.15) is 58.2 Å². The summed E-state index contributed by atoms with van der Waals surface area (Å²) in [4.78, 5) is 41.5. The lowest BCUT2D eigenvalue weighted by Gasteiger charge is -2.45. The molecular formula is C30H30FN5O4. The summed E-state index contributed by atoms with van der Waals surface area (Å²) in [6.45, 7) is 4.92. The summed E-state index contributed by atoms with van der Waals surface area (Å²) in [5, 5.41) is 21.0. The van der Waals surface area contributed by atoms with E-state index < -0.39 is 23.7 Å². The van der Waals surface area contributed by atoms with Gasteiger partial charge in [-0.15, -0.1) is 0 Å². The van der Waals surface area contributed by atoms with E-state index in [0.29, 0.717) is 35.5 Å². The molecule has 1 aliphatic rings. The fourth-order valence-electron chi connectivity index (χ4n) is 4.92. The quantitative estimate of drug-likeness (QED) is 0.383. The summed E-state index contributed by atoms with van der Waals surface area (Å²) < 4.78 is 13.3. The third-order valence-electron chi connectivity index (χ3n) is 7.06. The Kier molecular flexibility index (Phi) is 8.34. The molecule has 1 saturated heterocycles. The second-order valence-corrected chi connectivity index (χ2v) is 9.95. The largest absolute Gasteiger partial charge is 0.481 e. The number of carbonyl (C=O) groups excluding carboxylic acids is 2. The Morgan fingerprint density at radius 3 is 2.27 bits per heavy atom. The molecule has 3 atom stereocenters. The number of hydrogen-bond donors (Lipinski definition) is 3. The molecule has 1 heterocycles. The molecule has 0 aromatic heterocycles. The van der Waals surface area contributed by atoms with E-state index in [0.717, 1.165) is 5.69 Å². The molecule has 40 heavy (non-hydrogen) atoms. The lowest BCUT2D eigenvalue weighted by atomic mass is 10.0. The fourth-order valence-corrected chi connectivity index (χ4v) is 4.92. The number of nitrogens with two attached hydrogens (primary N) is 1. The third-order valence-corrected chi connectivity index (χ3v) is 7.06. The molecule has 0 saturated carbocycles. The number of anilines is 2. The number of nitrogen functional groups attached to an aromatic ring is 1. The first kappa shape index (κ1) is 28.1. The Balaban J connectivity index is 1.47. The second kappa shape index (κ2) is 11.9. The minimum atomic E-state index is -1.11. The fraction of sp³-hybridized carbons (Fsp3) is 0.267. The van der Waals surface area contributed by atoms with Crippen LogP contribution in [0.2, 0.25) is 0 Å². The van der Waals surface area contributed by atoms with Crippen molar-refractivity contribution >= 4 is 29.2 Å². The zero-order valence-electron chi connectivity index (χ0n) is 22.2. The maximum Gasteiger partial charge on any atom is 0.305 e. The van der Waals surface area contributed by atoms with Crippen LogP contribution in [0.5, 0.6) is 0 Å². The standard InChI is InChI=1S/C30H30FN5O4/c1-18-17-36(30(40)22-5-3-20(15-32)4-6-22)19(2)16-35(18)27-12-9-23(13-25(27)33)29(39)34-26(14-28(37)38)21-7-10-24(31)11-8-21/h3-13,18-19,26H,14,16-17,33H2,1-2H3,(H,34,39)(H,37,38). The highest BCUT2D eigenvalue weighted by Gasteiger charge is 2.33. The van der Waals surface area contributed by atoms with Crippen LogP contribution in [0.4, 0.5) is 15.8 Å². The molecule has 4 N–H and O–H groups in total. The molecule has 3 aromatic rings. The van der Waals surface area contributed by atoms with E-state index in [2.05, 4.69) is 10.2 Å². The van der Waals surface area contributed by atoms with Crippen molar-refractivity contribution in [2.75, 3.05) is 23.7 Å². The van der Waals surface area contributed by atoms with Crippen molar-refractivity contribution in [2.24, 2.45) is 0 Å². The molecule has 0 spiro atoms. The summed E-state index contributed by atoms with van der Waals surface area (Å²) in [7, 11) is 0. The Bertz CT molecular complexity index is 1450. The molecule has 4 rings (SSSR count). The van der Waals surface area contributed by atoms with Gasteiger partial charge in [0, 0.05) is 36.3 Å². The minimum Gasteiger partial charge on any atom is -0.481 e. The predicted molar refractivity (Wildman–Crippen MR) is 148 cm³/mol. The van der Waals surface area contributed by atoms with E-state index in [9.17, 15) is 23.9 Å². The average Bonchev–Trinajstić information content (AvgIpc) is 2.93. The Hall–Kier alpha value is -4.91. The van der Waals surface area contributed by atoms with Crippen LogP contribution >= 0.6 is 0 Å². The van der Waals surface area contributed by atoms with Crippen molar-refractivity contribution in [1.82, 2.24) is 10.2 Å². The molecule has 9 nitrogen and oxygen atoms in total. The van der Waals surface area contributed by atoms with Crippen molar-refractivity contribution in [3.05, 3.63) is 94.8 Å². The maximum absolute atomic E-state index is 13.3. The molecule has 0 bridgehead atoms. The average molecular weight is 544 g/mol. The second-order valence-electron chi connectivity index (χ2n) is 9.95. The van der Waals surface area contributed by atoms with Crippen LogP contribution in [0, 0.1) is 17.1 Å². The number of carbonyl (C=O) groups is 3. The van der Waals surface area contributed by atoms with Gasteiger partial charge in [-0.2, -0.15) is 5.26 Å². The Morgan fingerprint density at radius 1 is 1.02 bits per heavy atom. The first-order valence-corrected chi connectivity index (χ1v) is 12.8. The van der Waals surface area contributed by atoms with Gasteiger partial charge in [-0.3, -0.25) is 14.4 Å². The van der Waals surface area contributed by atoms with Crippen molar-refractivity contribution in [3.8, 4) is 6.07 Å². The van der Waals surface area contributed by atoms with Crippen LogP contribution in [0.15, 0.2) is 66.7 Å². The first-order chi connectivity index (χ1) is 19.1. The molecular weight excluding hydrogens is 513 g/mol. The normalized spacial score (nSPS) is 17.6. The molecule has 1 fully saturated rings. The summed E-state index contributed by atoms with van der Waals surface area (Å²) in [6.07, 6.45) is -0.369. The Labute approximate surface area is 231 Å². The minimum absolute atomic E-state index is 0.0704. The summed E-state index contributed by atoms with van der Waals surface area (Å²) in [5.74, 6) is -2.19. The van der Waals surface area contributed by atoms with Gasteiger partial charge in [0.2, 0.25) is 0 Å². The van der Waals surface area contributed by atoms with Crippen LogP contribution < -0.4 is 16.0 Å². The van der Waals surface area contributed by atoms with Gasteiger partial charge in [0.1, 0.15) is 5.82 Å². The molecule has 10 heteroatoms. The van der Waals surface area contributed by atoms with Crippen molar-refractivity contribution < 1.29 is 23.9 Å². The van der Waals surface area contributed by atoms with Crippen molar-refractivity contribution in [3.63, 3.8) is 0 Å². The summed E-state index contributed by atoms with van der Waals surface area (Å²) >= 11 is 0. The van der Waals surface area contributed by atoms with Crippen LogP contribution in [0.25, 0.3) is 0 Å². The van der Waals surface area contributed by atoms with E-state index in [1.807, 2.05) is 19.9 Å². The highest BCUT2D eigenvalue weighted by molar-refractivity contribution is 5.97. The molecule has 2 amide bonds. The van der Waals surface area contributed by atoms with Gasteiger partial charge < -0.3 is 26.0 Å². The number of carboxylic acid groups (broad SMARTS) is 1. The topological polar surface area (TPSA) is 140 Å². The first-order valence-electron chi connectivity index (χ1n) is 12.8. The van der Waals surface area contributed by atoms with Gasteiger partial charge in [0.05, 0.1) is 35.5 Å². The number of rotatable bonds is 7. The van der Waals surface area contributed by atoms with Crippen LogP contribution in [-0.4, -0.2) is 53.0 Å². The van der Waals surface area contributed by atoms with Gasteiger partial charge in [-0.05, 0) is 74.0 Å². The number of aliphatic carboxylic acids is 1. The molecule has 206 valence electrons. The SMILES string of the molecule is CC1CN(c2ccc(C(=O)NC(CC(=O)O)c3ccc(F)cc3)cc2N)C(C)CN1C(=O)c1ccc(C#N)cc1. The highest BCUT2D eigenvalue weighted by Crippen LogP contribution is 2.30. The molecule has 0 aliphatic carbocycles. The molecule has 3 unspecified atom stereocenters. The van der Waals surface area contributed by atoms with Gasteiger partial charge in [-0.1, -0.05) is 12.1 Å². The van der Waals surface area contributed by atoms with E-state index in [1.165, 1.54) is 24.3 Å². The predicted octanol–water partition coefficient (Wildman–Crippen LogP) is 3.96. The molecule has 0 radical (unpaired) electrons. The van der Waals surface area contributed by atoms with Crippen LogP contribution in [-0.2, 0) is 4.79 Å². The number of benzene rings is 3. The van der Waals surface area contributed by atoms with Gasteiger partial charge >= 0.3 is 5.97 Å². The van der Waals surface area contributed by atoms with Crippen molar-refractivity contribution in [1.29, 1.82) is 5.26 Å². The number of piperazine rings is 1. The van der Waals surface area contributed by atoms with E-state index >= 15 is 0 Å².